The Balaban J connectivity index is 1.49. The van der Waals surface area contributed by atoms with Crippen LogP contribution in [0.25, 0.3) is 0 Å². The van der Waals surface area contributed by atoms with E-state index in [9.17, 15) is 9.59 Å². The lowest BCUT2D eigenvalue weighted by atomic mass is 9.89. The van der Waals surface area contributed by atoms with Crippen LogP contribution >= 0.6 is 11.6 Å². The molecule has 5 heteroatoms. The van der Waals surface area contributed by atoms with Gasteiger partial charge in [-0.2, -0.15) is 0 Å². The number of nitrogens with zero attached hydrogens (tertiary/aromatic N) is 2. The zero-order chi connectivity index (χ0) is 17.8. The molecule has 0 N–H and O–H groups in total. The van der Waals surface area contributed by atoms with Crippen LogP contribution in [-0.2, 0) is 4.79 Å². The summed E-state index contributed by atoms with van der Waals surface area (Å²) in [6.45, 7) is 5.17. The van der Waals surface area contributed by atoms with Crippen molar-refractivity contribution in [3.63, 3.8) is 0 Å². The highest BCUT2D eigenvalue weighted by Crippen LogP contribution is 2.23. The van der Waals surface area contributed by atoms with E-state index in [1.807, 2.05) is 4.90 Å². The van der Waals surface area contributed by atoms with Crippen LogP contribution in [0.1, 0.15) is 49.4 Å². The first-order valence-electron chi connectivity index (χ1n) is 9.36. The quantitative estimate of drug-likeness (QED) is 0.768. The van der Waals surface area contributed by atoms with Gasteiger partial charge >= 0.3 is 0 Å². The molecule has 3 rings (SSSR count). The number of halogens is 1. The van der Waals surface area contributed by atoms with E-state index in [0.29, 0.717) is 17.6 Å². The van der Waals surface area contributed by atoms with Crippen molar-refractivity contribution in [2.24, 2.45) is 5.92 Å². The molecule has 0 spiro atoms. The first-order chi connectivity index (χ1) is 12.0. The SMILES string of the molecule is C[C@@H]1CCCCN1C(=O)CN1CCC(C(=O)c2ccc(Cl)cc2)CC1. The van der Waals surface area contributed by atoms with E-state index in [1.54, 1.807) is 24.3 Å². The third-order valence-corrected chi connectivity index (χ3v) is 5.82. The molecule has 2 aliphatic heterocycles. The molecule has 2 fully saturated rings. The molecule has 2 aliphatic rings. The number of benzene rings is 1. The first kappa shape index (κ1) is 18.4. The van der Waals surface area contributed by atoms with Crippen LogP contribution in [0.5, 0.6) is 0 Å². The molecule has 2 heterocycles. The van der Waals surface area contributed by atoms with E-state index < -0.39 is 0 Å². The van der Waals surface area contributed by atoms with Crippen molar-refractivity contribution in [3.05, 3.63) is 34.9 Å². The average Bonchev–Trinajstić information content (AvgIpc) is 2.63. The van der Waals surface area contributed by atoms with Gasteiger partial charge in [-0.25, -0.2) is 0 Å². The highest BCUT2D eigenvalue weighted by Gasteiger charge is 2.29. The van der Waals surface area contributed by atoms with Crippen molar-refractivity contribution in [2.75, 3.05) is 26.2 Å². The molecular formula is C20H27ClN2O2. The molecule has 0 aliphatic carbocycles. The number of piperidine rings is 2. The predicted octanol–water partition coefficient (Wildman–Crippen LogP) is 3.64. The molecule has 2 saturated heterocycles. The van der Waals surface area contributed by atoms with Gasteiger partial charge in [-0.15, -0.1) is 0 Å². The second kappa shape index (κ2) is 8.33. The second-order valence-electron chi connectivity index (χ2n) is 7.35. The summed E-state index contributed by atoms with van der Waals surface area (Å²) in [5.74, 6) is 0.503. The third kappa shape index (κ3) is 4.62. The first-order valence-corrected chi connectivity index (χ1v) is 9.74. The van der Waals surface area contributed by atoms with Gasteiger partial charge in [0.15, 0.2) is 5.78 Å². The summed E-state index contributed by atoms with van der Waals surface area (Å²) >= 11 is 5.89. The molecule has 0 aromatic heterocycles. The van der Waals surface area contributed by atoms with E-state index in [2.05, 4.69) is 11.8 Å². The molecule has 0 unspecified atom stereocenters. The predicted molar refractivity (Wildman–Crippen MR) is 100.0 cm³/mol. The van der Waals surface area contributed by atoms with Crippen molar-refractivity contribution in [1.82, 2.24) is 9.80 Å². The molecule has 1 aromatic rings. The molecule has 1 atom stereocenters. The summed E-state index contributed by atoms with van der Waals surface area (Å²) in [4.78, 5) is 29.4. The fraction of sp³-hybridized carbons (Fsp3) is 0.600. The van der Waals surface area contributed by atoms with Gasteiger partial charge in [-0.05, 0) is 76.4 Å². The fourth-order valence-corrected chi connectivity index (χ4v) is 4.08. The van der Waals surface area contributed by atoms with Gasteiger partial charge < -0.3 is 4.90 Å². The minimum absolute atomic E-state index is 0.0569. The fourth-order valence-electron chi connectivity index (χ4n) is 3.95. The number of hydrogen-bond acceptors (Lipinski definition) is 3. The Morgan fingerprint density at radius 3 is 2.36 bits per heavy atom. The number of carbonyl (C=O) groups excluding carboxylic acids is 2. The van der Waals surface area contributed by atoms with E-state index in [0.717, 1.165) is 50.9 Å². The number of likely N-dealkylation sites (tertiary alicyclic amines) is 2. The summed E-state index contributed by atoms with van der Waals surface area (Å²) in [5, 5.41) is 0.650. The number of ketones is 1. The van der Waals surface area contributed by atoms with Gasteiger partial charge in [-0.1, -0.05) is 11.6 Å². The summed E-state index contributed by atoms with van der Waals surface area (Å²) in [6, 6.07) is 7.51. The summed E-state index contributed by atoms with van der Waals surface area (Å²) in [7, 11) is 0. The molecule has 0 bridgehead atoms. The third-order valence-electron chi connectivity index (χ3n) is 5.57. The Morgan fingerprint density at radius 1 is 1.04 bits per heavy atom. The topological polar surface area (TPSA) is 40.6 Å². The zero-order valence-corrected chi connectivity index (χ0v) is 15.7. The monoisotopic (exact) mass is 362 g/mol. The lowest BCUT2D eigenvalue weighted by Gasteiger charge is -2.36. The van der Waals surface area contributed by atoms with Gasteiger partial charge in [-0.3, -0.25) is 14.5 Å². The lowest BCUT2D eigenvalue weighted by molar-refractivity contribution is -0.135. The van der Waals surface area contributed by atoms with Crippen LogP contribution < -0.4 is 0 Å². The van der Waals surface area contributed by atoms with E-state index in [-0.39, 0.29) is 17.6 Å². The lowest BCUT2D eigenvalue weighted by Crippen LogP contribution is -2.48. The average molecular weight is 363 g/mol. The highest BCUT2D eigenvalue weighted by atomic mass is 35.5. The van der Waals surface area contributed by atoms with Crippen LogP contribution in [0.15, 0.2) is 24.3 Å². The van der Waals surface area contributed by atoms with Crippen molar-refractivity contribution in [3.8, 4) is 0 Å². The number of hydrogen-bond donors (Lipinski definition) is 0. The molecule has 0 saturated carbocycles. The van der Waals surface area contributed by atoms with E-state index in [4.69, 9.17) is 11.6 Å². The van der Waals surface area contributed by atoms with Crippen molar-refractivity contribution in [1.29, 1.82) is 0 Å². The van der Waals surface area contributed by atoms with E-state index in [1.165, 1.54) is 6.42 Å². The molecular weight excluding hydrogens is 336 g/mol. The number of carbonyl (C=O) groups is 2. The highest BCUT2D eigenvalue weighted by molar-refractivity contribution is 6.30. The summed E-state index contributed by atoms with van der Waals surface area (Å²) < 4.78 is 0. The molecule has 25 heavy (non-hydrogen) atoms. The van der Waals surface area contributed by atoms with Gasteiger partial charge in [0.2, 0.25) is 5.91 Å². The Bertz CT molecular complexity index is 609. The number of Topliss-reactive ketones (excluding diaryl/α,β-unsaturated/α-hetero) is 1. The normalized spacial score (nSPS) is 22.8. The minimum atomic E-state index is 0.0569. The van der Waals surface area contributed by atoms with E-state index >= 15 is 0 Å². The van der Waals surface area contributed by atoms with Crippen LogP contribution in [0.2, 0.25) is 5.02 Å². The van der Waals surface area contributed by atoms with Crippen molar-refractivity contribution < 1.29 is 9.59 Å². The Labute approximate surface area is 155 Å². The Hall–Kier alpha value is -1.39. The summed E-state index contributed by atoms with van der Waals surface area (Å²) in [5.41, 5.74) is 0.737. The van der Waals surface area contributed by atoms with Crippen LogP contribution in [0.3, 0.4) is 0 Å². The summed E-state index contributed by atoms with van der Waals surface area (Å²) in [6.07, 6.45) is 5.11. The van der Waals surface area contributed by atoms with Crippen LogP contribution in [0, 0.1) is 5.92 Å². The minimum Gasteiger partial charge on any atom is -0.339 e. The van der Waals surface area contributed by atoms with Gasteiger partial charge in [0, 0.05) is 29.1 Å². The van der Waals surface area contributed by atoms with Gasteiger partial charge in [0.05, 0.1) is 6.54 Å². The van der Waals surface area contributed by atoms with Crippen LogP contribution in [0.4, 0.5) is 0 Å². The standard InChI is InChI=1S/C20H27ClN2O2/c1-15-4-2-3-11-23(15)19(24)14-22-12-9-17(10-13-22)20(25)16-5-7-18(21)8-6-16/h5-8,15,17H,2-4,9-14H2,1H3/t15-/m1/s1. The largest absolute Gasteiger partial charge is 0.339 e. The molecule has 1 amide bonds. The maximum Gasteiger partial charge on any atom is 0.236 e. The second-order valence-corrected chi connectivity index (χ2v) is 7.79. The van der Waals surface area contributed by atoms with Crippen LogP contribution in [-0.4, -0.2) is 53.7 Å². The smallest absolute Gasteiger partial charge is 0.236 e. The Morgan fingerprint density at radius 2 is 1.72 bits per heavy atom. The zero-order valence-electron chi connectivity index (χ0n) is 14.9. The van der Waals surface area contributed by atoms with Crippen molar-refractivity contribution in [2.45, 2.75) is 45.1 Å². The van der Waals surface area contributed by atoms with Gasteiger partial charge in [0.1, 0.15) is 0 Å². The Kier molecular flexibility index (Phi) is 6.13. The number of rotatable bonds is 4. The molecule has 136 valence electrons. The number of amides is 1. The molecule has 0 radical (unpaired) electrons. The maximum absolute atomic E-state index is 12.6. The molecule has 1 aromatic carbocycles. The van der Waals surface area contributed by atoms with Crippen molar-refractivity contribution >= 4 is 23.3 Å². The van der Waals surface area contributed by atoms with Gasteiger partial charge in [0.25, 0.3) is 0 Å². The molecule has 4 nitrogen and oxygen atoms in total. The maximum atomic E-state index is 12.6.